The fourth-order valence-electron chi connectivity index (χ4n) is 2.35. The van der Waals surface area contributed by atoms with Crippen molar-refractivity contribution in [2.24, 2.45) is 5.73 Å². The topological polar surface area (TPSA) is 147 Å². The number of primary amides is 1. The summed E-state index contributed by atoms with van der Waals surface area (Å²) in [5, 5.41) is 14.8. The number of nitrogens with two attached hydrogens (primary N) is 2. The van der Waals surface area contributed by atoms with Crippen molar-refractivity contribution in [2.75, 3.05) is 25.4 Å². The lowest BCUT2D eigenvalue weighted by Crippen LogP contribution is -2.28. The first kappa shape index (κ1) is 26.4. The number of carboxylic acids is 2. The quantitative estimate of drug-likeness (QED) is 0.209. The number of hydrogen-bond donors (Lipinski definition) is 4. The third-order valence-corrected chi connectivity index (χ3v) is 5.04. The number of carbonyl (C=O) groups is 3. The van der Waals surface area contributed by atoms with Gasteiger partial charge in [0.25, 0.3) is 0 Å². The van der Waals surface area contributed by atoms with Gasteiger partial charge in [-0.2, -0.15) is 0 Å². The minimum Gasteiger partial charge on any atom is -0.473 e. The van der Waals surface area contributed by atoms with Crippen LogP contribution in [0.4, 0.5) is 5.69 Å². The van der Waals surface area contributed by atoms with Crippen LogP contribution in [0.5, 0.6) is 0 Å². The first-order valence-electron chi connectivity index (χ1n) is 8.78. The van der Waals surface area contributed by atoms with Gasteiger partial charge < -0.3 is 26.6 Å². The lowest BCUT2D eigenvalue weighted by molar-refractivity contribution is -0.159. The molecule has 6 N–H and O–H groups in total. The molecule has 1 rings (SSSR count). The third kappa shape index (κ3) is 11.9. The molecule has 0 saturated carbocycles. The maximum absolute atomic E-state index is 10.8. The fraction of sp³-hybridized carbons (Fsp3) is 0.500. The Morgan fingerprint density at radius 2 is 1.54 bits per heavy atom. The molecule has 0 bridgehead atoms. The molecule has 1 amide bonds. The van der Waals surface area contributed by atoms with Crippen molar-refractivity contribution in [1.82, 2.24) is 4.90 Å². The van der Waals surface area contributed by atoms with Gasteiger partial charge >= 0.3 is 11.9 Å². The number of hydrogen-bond acceptors (Lipinski definition) is 5. The number of carbonyl (C=O) groups excluding carboxylic acids is 1. The predicted molar refractivity (Wildman–Crippen MR) is 115 cm³/mol. The standard InChI is InChI=1S/C16H25Br2N3O.C2H2O4/c1-2-7-21(8-4-3-5-15(19)22)9-6-12-10-13(17)16(20)14(18)11-12;3-1(4)2(5)6/h10-11H,2-9,20H2,1H3,(H2,19,22);(H,3,4)(H,5,6). The van der Waals surface area contributed by atoms with E-state index in [4.69, 9.17) is 31.3 Å². The molecule has 0 radical (unpaired) electrons. The second kappa shape index (κ2) is 14.4. The first-order valence-corrected chi connectivity index (χ1v) is 10.4. The molecule has 1 aromatic carbocycles. The van der Waals surface area contributed by atoms with Gasteiger partial charge in [0.1, 0.15) is 0 Å². The van der Waals surface area contributed by atoms with Gasteiger partial charge in [0, 0.05) is 21.9 Å². The van der Waals surface area contributed by atoms with E-state index < -0.39 is 11.9 Å². The Morgan fingerprint density at radius 1 is 1.00 bits per heavy atom. The molecule has 8 nitrogen and oxygen atoms in total. The van der Waals surface area contributed by atoms with Crippen molar-refractivity contribution in [3.8, 4) is 0 Å². The summed E-state index contributed by atoms with van der Waals surface area (Å²) < 4.78 is 1.86. The summed E-state index contributed by atoms with van der Waals surface area (Å²) in [5.41, 5.74) is 13.1. The van der Waals surface area contributed by atoms with Crippen LogP contribution in [0.15, 0.2) is 21.1 Å². The van der Waals surface area contributed by atoms with E-state index in [2.05, 4.69) is 55.8 Å². The summed E-state index contributed by atoms with van der Waals surface area (Å²) in [4.78, 5) is 31.4. The number of anilines is 1. The van der Waals surface area contributed by atoms with E-state index in [9.17, 15) is 4.79 Å². The Balaban J connectivity index is 0.00000105. The molecule has 0 heterocycles. The fourth-order valence-corrected chi connectivity index (χ4v) is 3.64. The van der Waals surface area contributed by atoms with Crippen LogP contribution in [0.2, 0.25) is 0 Å². The van der Waals surface area contributed by atoms with E-state index >= 15 is 0 Å². The molecule has 1 aromatic rings. The second-order valence-electron chi connectivity index (χ2n) is 6.10. The molecule has 0 aliphatic carbocycles. The minimum absolute atomic E-state index is 0.210. The molecular weight excluding hydrogens is 498 g/mol. The SMILES string of the molecule is CCCN(CCCCC(N)=O)CCc1cc(Br)c(N)c(Br)c1.O=C(O)C(=O)O. The van der Waals surface area contributed by atoms with Gasteiger partial charge in [-0.15, -0.1) is 0 Å². The molecule has 0 atom stereocenters. The van der Waals surface area contributed by atoms with Crippen molar-refractivity contribution < 1.29 is 24.6 Å². The van der Waals surface area contributed by atoms with E-state index in [1.807, 2.05) is 0 Å². The number of aliphatic carboxylic acids is 2. The average Bonchev–Trinajstić information content (AvgIpc) is 2.61. The Hall–Kier alpha value is -1.65. The van der Waals surface area contributed by atoms with E-state index in [1.165, 1.54) is 5.56 Å². The van der Waals surface area contributed by atoms with Gasteiger partial charge in [0.05, 0.1) is 5.69 Å². The maximum Gasteiger partial charge on any atom is 0.414 e. The highest BCUT2D eigenvalue weighted by atomic mass is 79.9. The number of carboxylic acid groups (broad SMARTS) is 2. The molecule has 0 aliphatic rings. The predicted octanol–water partition coefficient (Wildman–Crippen LogP) is 2.86. The number of unbranched alkanes of at least 4 members (excludes halogenated alkanes) is 1. The monoisotopic (exact) mass is 523 g/mol. The van der Waals surface area contributed by atoms with Crippen molar-refractivity contribution in [3.05, 3.63) is 26.6 Å². The molecule has 0 fully saturated rings. The Kier molecular flexibility index (Phi) is 13.5. The molecule has 0 unspecified atom stereocenters. The number of benzene rings is 1. The Bertz CT molecular complexity index is 636. The van der Waals surface area contributed by atoms with Crippen molar-refractivity contribution in [3.63, 3.8) is 0 Å². The van der Waals surface area contributed by atoms with E-state index in [0.717, 1.165) is 60.0 Å². The van der Waals surface area contributed by atoms with Crippen LogP contribution in [-0.2, 0) is 20.8 Å². The summed E-state index contributed by atoms with van der Waals surface area (Å²) >= 11 is 6.97. The first-order chi connectivity index (χ1) is 13.1. The normalized spacial score (nSPS) is 10.3. The molecule has 158 valence electrons. The summed E-state index contributed by atoms with van der Waals surface area (Å²) in [6.07, 6.45) is 4.47. The molecule has 0 spiro atoms. The van der Waals surface area contributed by atoms with Crippen molar-refractivity contribution in [1.29, 1.82) is 0 Å². The summed E-state index contributed by atoms with van der Waals surface area (Å²) in [5.74, 6) is -3.86. The van der Waals surface area contributed by atoms with E-state index in [0.29, 0.717) is 6.42 Å². The maximum atomic E-state index is 10.8. The summed E-state index contributed by atoms with van der Waals surface area (Å²) in [6.45, 7) is 5.28. The van der Waals surface area contributed by atoms with Crippen LogP contribution in [0.3, 0.4) is 0 Å². The smallest absolute Gasteiger partial charge is 0.414 e. The zero-order valence-corrected chi connectivity index (χ0v) is 19.0. The number of halogens is 2. The van der Waals surface area contributed by atoms with Crippen LogP contribution in [0.25, 0.3) is 0 Å². The lowest BCUT2D eigenvalue weighted by Gasteiger charge is -2.21. The van der Waals surface area contributed by atoms with Crippen LogP contribution in [0.1, 0.15) is 38.2 Å². The van der Waals surface area contributed by atoms with E-state index in [-0.39, 0.29) is 5.91 Å². The summed E-state index contributed by atoms with van der Waals surface area (Å²) in [6, 6.07) is 4.16. The lowest BCUT2D eigenvalue weighted by atomic mass is 10.1. The molecular formula is C18H27Br2N3O5. The highest BCUT2D eigenvalue weighted by Crippen LogP contribution is 2.29. The number of nitrogens with zero attached hydrogens (tertiary/aromatic N) is 1. The second-order valence-corrected chi connectivity index (χ2v) is 7.81. The zero-order chi connectivity index (χ0) is 21.7. The highest BCUT2D eigenvalue weighted by molar-refractivity contribution is 9.11. The van der Waals surface area contributed by atoms with Gasteiger partial charge in [-0.1, -0.05) is 6.92 Å². The van der Waals surface area contributed by atoms with Gasteiger partial charge in [0.15, 0.2) is 0 Å². The zero-order valence-electron chi connectivity index (χ0n) is 15.8. The third-order valence-electron chi connectivity index (χ3n) is 3.73. The Morgan fingerprint density at radius 3 is 1.96 bits per heavy atom. The minimum atomic E-state index is -1.82. The largest absolute Gasteiger partial charge is 0.473 e. The van der Waals surface area contributed by atoms with Crippen molar-refractivity contribution >= 4 is 55.4 Å². The molecule has 0 aromatic heterocycles. The van der Waals surface area contributed by atoms with Gasteiger partial charge in [-0.25, -0.2) is 9.59 Å². The van der Waals surface area contributed by atoms with Crippen LogP contribution in [0, 0.1) is 0 Å². The Labute approximate surface area is 181 Å². The van der Waals surface area contributed by atoms with Crippen LogP contribution >= 0.6 is 31.9 Å². The van der Waals surface area contributed by atoms with Crippen LogP contribution < -0.4 is 11.5 Å². The molecule has 28 heavy (non-hydrogen) atoms. The summed E-state index contributed by atoms with van der Waals surface area (Å²) in [7, 11) is 0. The van der Waals surface area contributed by atoms with Crippen molar-refractivity contribution in [2.45, 2.75) is 39.0 Å². The highest BCUT2D eigenvalue weighted by Gasteiger charge is 2.08. The number of nitrogen functional groups attached to an aromatic ring is 1. The van der Waals surface area contributed by atoms with Gasteiger partial charge in [0.2, 0.25) is 5.91 Å². The van der Waals surface area contributed by atoms with E-state index in [1.54, 1.807) is 0 Å². The number of amides is 1. The molecule has 0 saturated heterocycles. The molecule has 10 heteroatoms. The average molecular weight is 525 g/mol. The van der Waals surface area contributed by atoms with Gasteiger partial charge in [-0.05, 0) is 88.3 Å². The van der Waals surface area contributed by atoms with Gasteiger partial charge in [-0.3, -0.25) is 4.79 Å². The number of rotatable bonds is 10. The van der Waals surface area contributed by atoms with Crippen LogP contribution in [-0.4, -0.2) is 52.6 Å². The molecule has 0 aliphatic heterocycles.